The van der Waals surface area contributed by atoms with Crippen LogP contribution in [0.25, 0.3) is 0 Å². The molecule has 2 amide bonds. The first-order chi connectivity index (χ1) is 11.5. The summed E-state index contributed by atoms with van der Waals surface area (Å²) in [7, 11) is 0. The normalized spacial score (nSPS) is 15.2. The predicted octanol–water partition coefficient (Wildman–Crippen LogP) is 1.92. The number of piperidine rings is 1. The second kappa shape index (κ2) is 8.86. The molecule has 0 saturated carbocycles. The molecule has 1 aliphatic rings. The summed E-state index contributed by atoms with van der Waals surface area (Å²) in [5.74, 6) is 0.262. The average molecular weight is 352 g/mol. The van der Waals surface area contributed by atoms with Gasteiger partial charge in [0.1, 0.15) is 0 Å². The van der Waals surface area contributed by atoms with Gasteiger partial charge in [0, 0.05) is 30.5 Å². The summed E-state index contributed by atoms with van der Waals surface area (Å²) in [5.41, 5.74) is 1.80. The van der Waals surface area contributed by atoms with Crippen molar-refractivity contribution in [1.82, 2.24) is 20.2 Å². The van der Waals surface area contributed by atoms with E-state index in [0.717, 1.165) is 24.2 Å². The highest BCUT2D eigenvalue weighted by molar-refractivity contribution is 7.99. The van der Waals surface area contributed by atoms with Gasteiger partial charge in [-0.1, -0.05) is 11.8 Å². The number of hydrogen-bond acceptors (Lipinski definition) is 6. The number of thioether (sulfide) groups is 1. The number of carbonyl (C=O) groups excluding carboxylic acids is 2. The van der Waals surface area contributed by atoms with Crippen LogP contribution >= 0.6 is 11.8 Å². The first-order valence-corrected chi connectivity index (χ1v) is 9.12. The van der Waals surface area contributed by atoms with Gasteiger partial charge in [-0.25, -0.2) is 14.8 Å². The molecule has 1 N–H and O–H groups in total. The SMILES string of the molecule is CCOC(=O)N1CCC(NC(=O)CSc2nc(C)cc(C)n2)CC1. The van der Waals surface area contributed by atoms with Gasteiger partial charge in [0.15, 0.2) is 5.16 Å². The van der Waals surface area contributed by atoms with E-state index in [1.807, 2.05) is 19.9 Å². The van der Waals surface area contributed by atoms with E-state index in [0.29, 0.717) is 30.6 Å². The molecule has 8 heteroatoms. The van der Waals surface area contributed by atoms with E-state index in [2.05, 4.69) is 15.3 Å². The zero-order valence-corrected chi connectivity index (χ0v) is 15.2. The molecule has 1 saturated heterocycles. The average Bonchev–Trinajstić information content (AvgIpc) is 2.53. The van der Waals surface area contributed by atoms with E-state index in [1.54, 1.807) is 11.8 Å². The highest BCUT2D eigenvalue weighted by Gasteiger charge is 2.24. The summed E-state index contributed by atoms with van der Waals surface area (Å²) in [6.07, 6.45) is 1.22. The maximum atomic E-state index is 12.1. The third-order valence-corrected chi connectivity index (χ3v) is 4.53. The fourth-order valence-corrected chi connectivity index (χ4v) is 3.34. The lowest BCUT2D eigenvalue weighted by Gasteiger charge is -2.31. The van der Waals surface area contributed by atoms with E-state index in [9.17, 15) is 9.59 Å². The maximum absolute atomic E-state index is 12.1. The van der Waals surface area contributed by atoms with Gasteiger partial charge in [0.25, 0.3) is 0 Å². The van der Waals surface area contributed by atoms with Crippen LogP contribution in [0.2, 0.25) is 0 Å². The molecule has 24 heavy (non-hydrogen) atoms. The van der Waals surface area contributed by atoms with Gasteiger partial charge in [-0.2, -0.15) is 0 Å². The minimum atomic E-state index is -0.273. The van der Waals surface area contributed by atoms with Crippen molar-refractivity contribution in [3.8, 4) is 0 Å². The molecule has 1 aromatic heterocycles. The molecule has 1 fully saturated rings. The van der Waals surface area contributed by atoms with Gasteiger partial charge in [0.2, 0.25) is 5.91 Å². The topological polar surface area (TPSA) is 84.4 Å². The van der Waals surface area contributed by atoms with Crippen LogP contribution in [-0.2, 0) is 9.53 Å². The van der Waals surface area contributed by atoms with E-state index < -0.39 is 0 Å². The lowest BCUT2D eigenvalue weighted by Crippen LogP contribution is -2.47. The zero-order chi connectivity index (χ0) is 17.5. The third kappa shape index (κ3) is 5.67. The van der Waals surface area contributed by atoms with Crippen LogP contribution in [0.5, 0.6) is 0 Å². The number of nitrogens with zero attached hydrogens (tertiary/aromatic N) is 3. The minimum Gasteiger partial charge on any atom is -0.450 e. The molecule has 2 heterocycles. The van der Waals surface area contributed by atoms with Gasteiger partial charge in [0.05, 0.1) is 12.4 Å². The number of nitrogens with one attached hydrogen (secondary N) is 1. The molecule has 0 spiro atoms. The summed E-state index contributed by atoms with van der Waals surface area (Å²) in [4.78, 5) is 34.0. The number of aromatic nitrogens is 2. The predicted molar refractivity (Wildman–Crippen MR) is 92.0 cm³/mol. The maximum Gasteiger partial charge on any atom is 0.409 e. The first kappa shape index (κ1) is 18.5. The van der Waals surface area contributed by atoms with E-state index >= 15 is 0 Å². The minimum absolute atomic E-state index is 0.0302. The second-order valence-electron chi connectivity index (χ2n) is 5.75. The quantitative estimate of drug-likeness (QED) is 0.644. The zero-order valence-electron chi connectivity index (χ0n) is 14.4. The molecular weight excluding hydrogens is 328 g/mol. The molecule has 132 valence electrons. The molecule has 0 aromatic carbocycles. The van der Waals surface area contributed by atoms with Crippen LogP contribution in [0, 0.1) is 13.8 Å². The molecule has 1 aliphatic heterocycles. The largest absolute Gasteiger partial charge is 0.450 e. The van der Waals surface area contributed by atoms with Crippen molar-refractivity contribution in [3.05, 3.63) is 17.5 Å². The molecule has 0 unspecified atom stereocenters. The molecule has 0 atom stereocenters. The number of ether oxygens (including phenoxy) is 1. The Morgan fingerprint density at radius 2 is 1.92 bits per heavy atom. The highest BCUT2D eigenvalue weighted by Crippen LogP contribution is 2.15. The Labute approximate surface area is 146 Å². The van der Waals surface area contributed by atoms with Crippen LogP contribution in [-0.4, -0.2) is 58.4 Å². The van der Waals surface area contributed by atoms with Gasteiger partial charge in [-0.15, -0.1) is 0 Å². The summed E-state index contributed by atoms with van der Waals surface area (Å²) < 4.78 is 4.99. The number of hydrogen-bond donors (Lipinski definition) is 1. The van der Waals surface area contributed by atoms with E-state index in [1.165, 1.54) is 11.8 Å². The van der Waals surface area contributed by atoms with Crippen LogP contribution < -0.4 is 5.32 Å². The lowest BCUT2D eigenvalue weighted by atomic mass is 10.1. The van der Waals surface area contributed by atoms with Crippen LogP contribution in [0.1, 0.15) is 31.2 Å². The molecular formula is C16H24N4O3S. The summed E-state index contributed by atoms with van der Waals surface area (Å²) in [6, 6.07) is 2.01. The highest BCUT2D eigenvalue weighted by atomic mass is 32.2. The van der Waals surface area contributed by atoms with Crippen molar-refractivity contribution in [2.45, 2.75) is 44.8 Å². The molecule has 0 bridgehead atoms. The van der Waals surface area contributed by atoms with E-state index in [4.69, 9.17) is 4.74 Å². The summed E-state index contributed by atoms with van der Waals surface area (Å²) >= 11 is 1.34. The van der Waals surface area contributed by atoms with Crippen molar-refractivity contribution >= 4 is 23.8 Å². The van der Waals surface area contributed by atoms with Crippen LogP contribution in [0.3, 0.4) is 0 Å². The number of likely N-dealkylation sites (tertiary alicyclic amines) is 1. The van der Waals surface area contributed by atoms with Crippen molar-refractivity contribution in [3.63, 3.8) is 0 Å². The lowest BCUT2D eigenvalue weighted by molar-refractivity contribution is -0.119. The van der Waals surface area contributed by atoms with Gasteiger partial charge < -0.3 is 15.0 Å². The Morgan fingerprint density at radius 1 is 1.29 bits per heavy atom. The molecule has 2 rings (SSSR count). The first-order valence-electron chi connectivity index (χ1n) is 8.14. The molecule has 0 aliphatic carbocycles. The summed E-state index contributed by atoms with van der Waals surface area (Å²) in [5, 5.41) is 3.64. The Balaban J connectivity index is 1.72. The van der Waals surface area contributed by atoms with E-state index in [-0.39, 0.29) is 18.0 Å². The van der Waals surface area contributed by atoms with Gasteiger partial charge in [-0.3, -0.25) is 4.79 Å². The number of aryl methyl sites for hydroxylation is 2. The third-order valence-electron chi connectivity index (χ3n) is 3.68. The standard InChI is InChI=1S/C16H24N4O3S/c1-4-23-16(22)20-7-5-13(6-8-20)19-14(21)10-24-15-17-11(2)9-12(3)18-15/h9,13H,4-8,10H2,1-3H3,(H,19,21). The molecule has 0 radical (unpaired) electrons. The van der Waals surface area contributed by atoms with Crippen molar-refractivity contribution < 1.29 is 14.3 Å². The van der Waals surface area contributed by atoms with Gasteiger partial charge in [-0.05, 0) is 39.7 Å². The Kier molecular flexibility index (Phi) is 6.84. The second-order valence-corrected chi connectivity index (χ2v) is 6.69. The number of rotatable bonds is 5. The van der Waals surface area contributed by atoms with Crippen LogP contribution in [0.15, 0.2) is 11.2 Å². The fraction of sp³-hybridized carbons (Fsp3) is 0.625. The van der Waals surface area contributed by atoms with Crippen molar-refractivity contribution in [2.75, 3.05) is 25.4 Å². The smallest absolute Gasteiger partial charge is 0.409 e. The fourth-order valence-electron chi connectivity index (χ4n) is 2.58. The van der Waals surface area contributed by atoms with Gasteiger partial charge >= 0.3 is 6.09 Å². The van der Waals surface area contributed by atoms with Crippen molar-refractivity contribution in [1.29, 1.82) is 0 Å². The Bertz CT molecular complexity index is 568. The molecule has 1 aromatic rings. The monoisotopic (exact) mass is 352 g/mol. The molecule has 7 nitrogen and oxygen atoms in total. The Morgan fingerprint density at radius 3 is 2.50 bits per heavy atom. The van der Waals surface area contributed by atoms with Crippen molar-refractivity contribution in [2.24, 2.45) is 0 Å². The number of amides is 2. The van der Waals surface area contributed by atoms with Crippen LogP contribution in [0.4, 0.5) is 4.79 Å². The Hall–Kier alpha value is -1.83. The summed E-state index contributed by atoms with van der Waals surface area (Å²) in [6.45, 7) is 7.22. The number of carbonyl (C=O) groups is 2.